The maximum absolute atomic E-state index is 13.4. The zero-order valence-electron chi connectivity index (χ0n) is 15.3. The van der Waals surface area contributed by atoms with Gasteiger partial charge in [-0.15, -0.1) is 0 Å². The molecule has 136 valence electrons. The van der Waals surface area contributed by atoms with Gasteiger partial charge in [0.05, 0.1) is 0 Å². The second-order valence-corrected chi connectivity index (χ2v) is 6.29. The van der Waals surface area contributed by atoms with Gasteiger partial charge in [-0.05, 0) is 30.2 Å². The maximum atomic E-state index is 13.4. The first-order valence-electron chi connectivity index (χ1n) is 9.09. The quantitative estimate of drug-likeness (QED) is 0.472. The van der Waals surface area contributed by atoms with Crippen LogP contribution in [0, 0.1) is 0 Å². The normalized spacial score (nSPS) is 15.7. The number of nitrogens with zero attached hydrogens (tertiary/aromatic N) is 1. The maximum Gasteiger partial charge on any atom is 0.934 e. The number of aromatic nitrogens is 1. The number of hydrogen-bond acceptors (Lipinski definition) is 0. The van der Waals surface area contributed by atoms with Gasteiger partial charge in [0.25, 0.3) is 0 Å². The molecule has 0 saturated heterocycles. The fourth-order valence-corrected chi connectivity index (χ4v) is 2.98. The average Bonchev–Trinajstić information content (AvgIpc) is 3.27. The van der Waals surface area contributed by atoms with Crippen molar-refractivity contribution in [2.24, 2.45) is 0 Å². The molecule has 2 nitrogen and oxygen atoms in total. The molecule has 1 aliphatic heterocycles. The van der Waals surface area contributed by atoms with E-state index in [1.807, 2.05) is 73.7 Å². The second kappa shape index (κ2) is 9.13. The third kappa shape index (κ3) is 5.03. The van der Waals surface area contributed by atoms with Crippen molar-refractivity contribution in [3.63, 3.8) is 0 Å². The van der Waals surface area contributed by atoms with Crippen LogP contribution >= 0.6 is 0 Å². The first-order valence-corrected chi connectivity index (χ1v) is 9.09. The summed E-state index contributed by atoms with van der Waals surface area (Å²) in [7, 11) is -2.54. The summed E-state index contributed by atoms with van der Waals surface area (Å²) in [4.78, 5) is 3.23. The molecule has 2 heterocycles. The molecule has 0 aliphatic carbocycles. The van der Waals surface area contributed by atoms with Crippen molar-refractivity contribution < 1.29 is 13.1 Å². The lowest BCUT2D eigenvalue weighted by Crippen LogP contribution is -2.24. The fourth-order valence-electron chi connectivity index (χ4n) is 2.98. The van der Waals surface area contributed by atoms with Crippen LogP contribution < -0.4 is 0 Å². The summed E-state index contributed by atoms with van der Waals surface area (Å²) < 4.78 is 27.9. The van der Waals surface area contributed by atoms with Crippen LogP contribution in [0.4, 0.5) is 8.63 Å². The van der Waals surface area contributed by atoms with Gasteiger partial charge in [-0.25, -0.2) is 13.1 Å². The number of halogens is 2. The molecule has 0 unspecified atom stereocenters. The highest BCUT2D eigenvalue weighted by Gasteiger charge is 2.41. The minimum atomic E-state index is -2.54. The van der Waals surface area contributed by atoms with Crippen molar-refractivity contribution in [3.8, 4) is 0 Å². The SMILES string of the molecule is CCCC1=[N+](B(F)F)/C(=C\c2ccc(/C=C/C=C/c3ccccc3)[nH]2)C=C1. The molecule has 0 bridgehead atoms. The zero-order chi connectivity index (χ0) is 19.1. The molecule has 0 radical (unpaired) electrons. The first kappa shape index (κ1) is 18.8. The Hall–Kier alpha value is -2.95. The molecule has 0 saturated carbocycles. The Bertz CT molecular complexity index is 919. The van der Waals surface area contributed by atoms with Gasteiger partial charge in [-0.3, -0.25) is 0 Å². The Morgan fingerprint density at radius 3 is 2.44 bits per heavy atom. The summed E-state index contributed by atoms with van der Waals surface area (Å²) in [6.07, 6.45) is 14.7. The van der Waals surface area contributed by atoms with E-state index in [1.54, 1.807) is 18.2 Å². The molecule has 1 aromatic heterocycles. The Morgan fingerprint density at radius 2 is 1.70 bits per heavy atom. The van der Waals surface area contributed by atoms with E-state index in [0.717, 1.165) is 27.9 Å². The third-order valence-corrected chi connectivity index (χ3v) is 4.25. The Kier molecular flexibility index (Phi) is 6.37. The van der Waals surface area contributed by atoms with Gasteiger partial charge in [-0.2, -0.15) is 0 Å². The molecule has 1 aromatic carbocycles. The van der Waals surface area contributed by atoms with Crippen LogP contribution in [0.25, 0.3) is 18.2 Å². The number of benzene rings is 1. The number of hydrogen-bond donors (Lipinski definition) is 1. The number of rotatable bonds is 7. The van der Waals surface area contributed by atoms with Gasteiger partial charge >= 0.3 is 7.40 Å². The molecule has 5 heteroatoms. The van der Waals surface area contributed by atoms with E-state index in [2.05, 4.69) is 4.98 Å². The summed E-state index contributed by atoms with van der Waals surface area (Å²) in [6, 6.07) is 13.9. The summed E-state index contributed by atoms with van der Waals surface area (Å²) in [5.41, 5.74) is 4.03. The molecule has 3 rings (SSSR count). The van der Waals surface area contributed by atoms with Crippen molar-refractivity contribution in [2.45, 2.75) is 19.8 Å². The summed E-state index contributed by atoms with van der Waals surface area (Å²) in [5.74, 6) is 0. The van der Waals surface area contributed by atoms with Crippen LogP contribution in [0.1, 0.15) is 36.7 Å². The Morgan fingerprint density at radius 1 is 0.963 bits per heavy atom. The van der Waals surface area contributed by atoms with E-state index >= 15 is 0 Å². The molecule has 1 N–H and O–H groups in total. The minimum Gasteiger partial charge on any atom is -0.355 e. The highest BCUT2D eigenvalue weighted by atomic mass is 19.2. The molecule has 0 atom stereocenters. The Balaban J connectivity index is 1.70. The fraction of sp³-hybridized carbons (Fsp3) is 0.136. The topological polar surface area (TPSA) is 18.8 Å². The number of H-pyrrole nitrogens is 1. The highest BCUT2D eigenvalue weighted by Crippen LogP contribution is 2.18. The van der Waals surface area contributed by atoms with Gasteiger partial charge in [0.2, 0.25) is 0 Å². The van der Waals surface area contributed by atoms with Crippen LogP contribution in [0.2, 0.25) is 0 Å². The lowest BCUT2D eigenvalue weighted by atomic mass is 10.1. The zero-order valence-corrected chi connectivity index (χ0v) is 15.3. The van der Waals surface area contributed by atoms with Crippen LogP contribution in [0.3, 0.4) is 0 Å². The van der Waals surface area contributed by atoms with E-state index in [0.29, 0.717) is 17.8 Å². The lowest BCUT2D eigenvalue weighted by molar-refractivity contribution is -0.342. The number of aromatic amines is 1. The van der Waals surface area contributed by atoms with E-state index in [9.17, 15) is 8.63 Å². The minimum absolute atomic E-state index is 0.509. The van der Waals surface area contributed by atoms with Gasteiger partial charge in [0, 0.05) is 36.0 Å². The molecule has 1 aliphatic rings. The summed E-state index contributed by atoms with van der Waals surface area (Å²) in [6.45, 7) is 1.99. The standard InChI is InChI=1S/C22H21BF2N2/c1-2-8-21-15-16-22(27(21)23(24)25)17-20-14-13-19(26-20)12-7-6-11-18-9-4-3-5-10-18/h3-7,9-17H,2,8H2,1H3/p+1/b11-6+,12-7+. The average molecular weight is 363 g/mol. The van der Waals surface area contributed by atoms with E-state index in [-0.39, 0.29) is 0 Å². The third-order valence-electron chi connectivity index (χ3n) is 4.25. The highest BCUT2D eigenvalue weighted by molar-refractivity contribution is 6.35. The molecule has 2 aromatic rings. The number of allylic oxidation sites excluding steroid dienone is 4. The predicted octanol–water partition coefficient (Wildman–Crippen LogP) is 5.83. The molecular weight excluding hydrogens is 341 g/mol. The molecule has 0 amide bonds. The molecular formula is C22H22BF2N2+. The van der Waals surface area contributed by atoms with Gasteiger partial charge in [-0.1, -0.05) is 55.5 Å². The summed E-state index contributed by atoms with van der Waals surface area (Å²) >= 11 is 0. The summed E-state index contributed by atoms with van der Waals surface area (Å²) in [5, 5.41) is 0. The van der Waals surface area contributed by atoms with Crippen LogP contribution in [-0.2, 0) is 0 Å². The Labute approximate surface area is 159 Å². The van der Waals surface area contributed by atoms with Gasteiger partial charge < -0.3 is 4.98 Å². The predicted molar refractivity (Wildman–Crippen MR) is 111 cm³/mol. The van der Waals surface area contributed by atoms with Crippen LogP contribution in [0.15, 0.2) is 72.5 Å². The second-order valence-electron chi connectivity index (χ2n) is 6.29. The van der Waals surface area contributed by atoms with Crippen LogP contribution in [0.5, 0.6) is 0 Å². The van der Waals surface area contributed by atoms with E-state index < -0.39 is 7.40 Å². The van der Waals surface area contributed by atoms with Crippen molar-refractivity contribution in [2.75, 3.05) is 0 Å². The number of nitrogens with one attached hydrogen (secondary N) is 1. The van der Waals surface area contributed by atoms with Crippen molar-refractivity contribution in [1.82, 2.24) is 4.98 Å². The molecule has 0 spiro atoms. The largest absolute Gasteiger partial charge is 0.934 e. The molecule has 27 heavy (non-hydrogen) atoms. The van der Waals surface area contributed by atoms with Gasteiger partial charge in [0.1, 0.15) is 0 Å². The van der Waals surface area contributed by atoms with Crippen molar-refractivity contribution in [1.29, 1.82) is 0 Å². The monoisotopic (exact) mass is 363 g/mol. The van der Waals surface area contributed by atoms with E-state index in [1.165, 1.54) is 0 Å². The van der Waals surface area contributed by atoms with Gasteiger partial charge in [0.15, 0.2) is 11.4 Å². The smallest absolute Gasteiger partial charge is 0.355 e. The van der Waals surface area contributed by atoms with E-state index in [4.69, 9.17) is 0 Å². The van der Waals surface area contributed by atoms with Crippen molar-refractivity contribution in [3.05, 3.63) is 89.4 Å². The molecule has 0 fully saturated rings. The van der Waals surface area contributed by atoms with Crippen LogP contribution in [-0.4, -0.2) is 22.6 Å². The van der Waals surface area contributed by atoms with Crippen molar-refractivity contribution >= 4 is 31.3 Å². The lowest BCUT2D eigenvalue weighted by Gasteiger charge is -1.99. The first-order chi connectivity index (χ1) is 13.2.